The van der Waals surface area contributed by atoms with Crippen molar-refractivity contribution in [1.29, 1.82) is 0 Å². The molecule has 0 radical (unpaired) electrons. The standard InChI is InChI=1S/C60H95N9O6/c1-40(2)30-51(72)33-44(32-48-39-64-57-21-11-9-19-53(48)57)22-27-58(73)68-54(41(3)4)25-23-49(70)35-46(17-13-15-29-62)37-66-60(75)69-55(42(5)6)26-24-50(71)34-45(16-12-14-28-61)36-65-59(74)67-43(7)31-47-38-63-56-20-10-8-18-52(47)56/h8-11,18-21,38-46,54-55,63-64H,12-17,22-37,61-62H2,1-7H3,(H,68,73)(H2,65,67,74)(H2,66,69,75)/t43-,44-,45-,46-,54-,55-/m1/s1. The number of hydrogen-bond donors (Lipinski definition) is 9. The first-order valence-electron chi connectivity index (χ1n) is 28.4. The first-order chi connectivity index (χ1) is 35.9. The lowest BCUT2D eigenvalue weighted by atomic mass is 9.88. The van der Waals surface area contributed by atoms with Crippen LogP contribution >= 0.6 is 0 Å². The van der Waals surface area contributed by atoms with Crippen LogP contribution in [0.15, 0.2) is 60.9 Å². The van der Waals surface area contributed by atoms with E-state index in [1.807, 2.05) is 69.6 Å². The van der Waals surface area contributed by atoms with Gasteiger partial charge in [0.1, 0.15) is 17.3 Å². The van der Waals surface area contributed by atoms with E-state index in [4.69, 9.17) is 11.5 Å². The Morgan fingerprint density at radius 2 is 0.960 bits per heavy atom. The average molecular weight is 1040 g/mol. The van der Waals surface area contributed by atoms with Crippen LogP contribution in [0.2, 0.25) is 0 Å². The number of unbranched alkanes of at least 4 members (excludes halogenated alkanes) is 2. The fourth-order valence-electron chi connectivity index (χ4n) is 10.3. The third kappa shape index (κ3) is 23.5. The summed E-state index contributed by atoms with van der Waals surface area (Å²) in [4.78, 5) is 86.6. The maximum atomic E-state index is 13.6. The fourth-order valence-corrected chi connectivity index (χ4v) is 10.3. The highest BCUT2D eigenvalue weighted by molar-refractivity contribution is 5.85. The Morgan fingerprint density at radius 3 is 1.45 bits per heavy atom. The van der Waals surface area contributed by atoms with E-state index in [0.29, 0.717) is 103 Å². The molecule has 0 saturated carbocycles. The van der Waals surface area contributed by atoms with Gasteiger partial charge in [0.25, 0.3) is 0 Å². The zero-order valence-electron chi connectivity index (χ0n) is 46.6. The number of H-pyrrole nitrogens is 2. The van der Waals surface area contributed by atoms with Gasteiger partial charge in [-0.3, -0.25) is 19.2 Å². The SMILES string of the molecule is CC(C)CC(=O)C[C@H](CCC(=O)N[C@H](CCC(=O)C[C@@H](CCCCN)CNC(=O)N[C@H](CCC(=O)C[C@@H](CCCCN)CNC(=O)N[C@H](C)Cc1c[nH]c2ccccc12)C(C)C)C(C)C)Cc1c[nH]c2ccccc12. The summed E-state index contributed by atoms with van der Waals surface area (Å²) in [5.41, 5.74) is 16.0. The van der Waals surface area contributed by atoms with E-state index in [1.54, 1.807) is 0 Å². The van der Waals surface area contributed by atoms with E-state index in [9.17, 15) is 28.8 Å². The molecule has 6 atom stereocenters. The van der Waals surface area contributed by atoms with Gasteiger partial charge in [0.15, 0.2) is 0 Å². The molecule has 4 rings (SSSR count). The molecular weight excluding hydrogens is 943 g/mol. The van der Waals surface area contributed by atoms with Crippen LogP contribution in [0.5, 0.6) is 0 Å². The van der Waals surface area contributed by atoms with E-state index < -0.39 is 0 Å². The third-order valence-electron chi connectivity index (χ3n) is 14.7. The van der Waals surface area contributed by atoms with Crippen molar-refractivity contribution >= 4 is 57.1 Å². The number of aromatic amines is 2. The second kappa shape index (κ2) is 33.5. The van der Waals surface area contributed by atoms with Gasteiger partial charge in [-0.05, 0) is 137 Å². The van der Waals surface area contributed by atoms with Crippen molar-refractivity contribution in [2.45, 2.75) is 182 Å². The predicted octanol–water partition coefficient (Wildman–Crippen LogP) is 9.96. The summed E-state index contributed by atoms with van der Waals surface area (Å²) in [6, 6.07) is 15.1. The number of hydrogen-bond acceptors (Lipinski definition) is 8. The quantitative estimate of drug-likeness (QED) is 0.0195. The van der Waals surface area contributed by atoms with Crippen molar-refractivity contribution in [2.24, 2.45) is 47.0 Å². The largest absolute Gasteiger partial charge is 0.361 e. The maximum absolute atomic E-state index is 13.6. The van der Waals surface area contributed by atoms with E-state index in [2.05, 4.69) is 76.4 Å². The monoisotopic (exact) mass is 1040 g/mol. The van der Waals surface area contributed by atoms with Crippen LogP contribution in [0.4, 0.5) is 9.59 Å². The van der Waals surface area contributed by atoms with Crippen LogP contribution < -0.4 is 38.1 Å². The molecule has 2 aromatic heterocycles. The van der Waals surface area contributed by atoms with Gasteiger partial charge in [0.05, 0.1) is 0 Å². The van der Waals surface area contributed by atoms with E-state index in [-0.39, 0.29) is 89.0 Å². The first kappa shape index (κ1) is 62.0. The smallest absolute Gasteiger partial charge is 0.315 e. The van der Waals surface area contributed by atoms with Gasteiger partial charge >= 0.3 is 12.1 Å². The van der Waals surface area contributed by atoms with Crippen molar-refractivity contribution in [3.63, 3.8) is 0 Å². The number of para-hydroxylation sites is 2. The Balaban J connectivity index is 1.22. The van der Waals surface area contributed by atoms with Crippen LogP contribution in [0.1, 0.15) is 162 Å². The summed E-state index contributed by atoms with van der Waals surface area (Å²) in [6.45, 7) is 16.0. The molecule has 11 N–H and O–H groups in total. The highest BCUT2D eigenvalue weighted by Gasteiger charge is 2.25. The molecular formula is C60H95N9O6. The van der Waals surface area contributed by atoms with Crippen LogP contribution in [0.25, 0.3) is 21.8 Å². The van der Waals surface area contributed by atoms with Gasteiger partial charge in [-0.2, -0.15) is 0 Å². The highest BCUT2D eigenvalue weighted by atomic mass is 16.2. The van der Waals surface area contributed by atoms with Crippen molar-refractivity contribution < 1.29 is 28.8 Å². The molecule has 0 fully saturated rings. The summed E-state index contributed by atoms with van der Waals surface area (Å²) in [5, 5.41) is 17.7. The number of carbonyl (C=O) groups is 6. The minimum atomic E-state index is -0.332. The number of rotatable bonds is 38. The molecule has 0 saturated heterocycles. The van der Waals surface area contributed by atoms with Gasteiger partial charge in [-0.15, -0.1) is 0 Å². The van der Waals surface area contributed by atoms with Gasteiger partial charge in [0, 0.05) is 110 Å². The molecule has 0 spiro atoms. The molecule has 0 unspecified atom stereocenters. The maximum Gasteiger partial charge on any atom is 0.315 e. The number of amides is 5. The molecule has 15 heteroatoms. The topological polar surface area (TPSA) is 246 Å². The second-order valence-electron chi connectivity index (χ2n) is 22.6. The van der Waals surface area contributed by atoms with Gasteiger partial charge in [-0.25, -0.2) is 9.59 Å². The Morgan fingerprint density at radius 1 is 0.493 bits per heavy atom. The summed E-state index contributed by atoms with van der Waals surface area (Å²) in [7, 11) is 0. The van der Waals surface area contributed by atoms with Crippen molar-refractivity contribution in [1.82, 2.24) is 36.6 Å². The third-order valence-corrected chi connectivity index (χ3v) is 14.7. The summed E-state index contributed by atoms with van der Waals surface area (Å²) < 4.78 is 0. The second-order valence-corrected chi connectivity index (χ2v) is 22.6. The van der Waals surface area contributed by atoms with E-state index in [1.165, 1.54) is 0 Å². The molecule has 0 aliphatic carbocycles. The van der Waals surface area contributed by atoms with Crippen LogP contribution in [-0.2, 0) is 32.0 Å². The first-order valence-corrected chi connectivity index (χ1v) is 28.4. The number of benzene rings is 2. The fraction of sp³-hybridized carbons (Fsp3) is 0.633. The molecule has 2 heterocycles. The number of carbonyl (C=O) groups excluding carboxylic acids is 6. The van der Waals surface area contributed by atoms with Crippen LogP contribution in [0, 0.1) is 35.5 Å². The Labute approximate surface area is 448 Å². The van der Waals surface area contributed by atoms with Crippen molar-refractivity contribution in [3.8, 4) is 0 Å². The van der Waals surface area contributed by atoms with Crippen LogP contribution in [-0.4, -0.2) is 89.6 Å². The minimum Gasteiger partial charge on any atom is -0.361 e. The van der Waals surface area contributed by atoms with Gasteiger partial charge in [0.2, 0.25) is 5.91 Å². The summed E-state index contributed by atoms with van der Waals surface area (Å²) >= 11 is 0. The van der Waals surface area contributed by atoms with E-state index in [0.717, 1.165) is 71.5 Å². The molecule has 75 heavy (non-hydrogen) atoms. The Kier molecular flexibility index (Phi) is 27.7. The molecule has 5 amide bonds. The number of ketones is 3. The molecule has 0 bridgehead atoms. The van der Waals surface area contributed by atoms with Crippen molar-refractivity contribution in [3.05, 3.63) is 72.1 Å². The summed E-state index contributed by atoms with van der Waals surface area (Å²) in [6.07, 6.45) is 14.3. The number of nitrogens with two attached hydrogens (primary N) is 2. The lowest BCUT2D eigenvalue weighted by molar-refractivity contribution is -0.124. The zero-order valence-corrected chi connectivity index (χ0v) is 46.6. The normalized spacial score (nSPS) is 14.1. The number of Topliss-reactive ketones (excluding diaryl/α,β-unsaturated/α-hetero) is 3. The Hall–Kier alpha value is -5.54. The van der Waals surface area contributed by atoms with Gasteiger partial charge < -0.3 is 48.0 Å². The summed E-state index contributed by atoms with van der Waals surface area (Å²) in [5.74, 6) is 0.701. The molecule has 416 valence electrons. The Bertz CT molecular complexity index is 2360. The molecule has 0 aliphatic heterocycles. The lowest BCUT2D eigenvalue weighted by Crippen LogP contribution is -2.46. The van der Waals surface area contributed by atoms with Crippen LogP contribution in [0.3, 0.4) is 0 Å². The molecule has 4 aromatic rings. The number of aromatic nitrogens is 2. The number of urea groups is 2. The number of fused-ring (bicyclic) bond motifs is 2. The van der Waals surface area contributed by atoms with Gasteiger partial charge in [-0.1, -0.05) is 90.8 Å². The van der Waals surface area contributed by atoms with Crippen molar-refractivity contribution in [2.75, 3.05) is 26.2 Å². The predicted molar refractivity (Wildman–Crippen MR) is 304 cm³/mol. The zero-order chi connectivity index (χ0) is 54.7. The minimum absolute atomic E-state index is 0.0294. The molecule has 0 aliphatic rings. The molecule has 2 aromatic carbocycles. The number of nitrogens with one attached hydrogen (secondary N) is 7. The average Bonchev–Trinajstić information content (AvgIpc) is 3.97. The molecule has 15 nitrogen and oxygen atoms in total. The van der Waals surface area contributed by atoms with E-state index >= 15 is 0 Å². The highest BCUT2D eigenvalue weighted by Crippen LogP contribution is 2.27. The lowest BCUT2D eigenvalue weighted by Gasteiger charge is -2.25.